The van der Waals surface area contributed by atoms with Gasteiger partial charge in [0.25, 0.3) is 5.91 Å². The fraction of sp³-hybridized carbons (Fsp3) is 0.618. The van der Waals surface area contributed by atoms with E-state index in [4.69, 9.17) is 14.5 Å². The highest BCUT2D eigenvalue weighted by Crippen LogP contribution is 2.30. The molecule has 0 bridgehead atoms. The Morgan fingerprint density at radius 3 is 2.52 bits per heavy atom. The van der Waals surface area contributed by atoms with E-state index in [1.54, 1.807) is 23.1 Å². The zero-order chi connectivity index (χ0) is 33.4. The monoisotopic (exact) mass is 638 g/mol. The molecule has 252 valence electrons. The summed E-state index contributed by atoms with van der Waals surface area (Å²) < 4.78 is 11.2. The molecule has 2 fully saturated rings. The van der Waals surface area contributed by atoms with Crippen LogP contribution in [0.5, 0.6) is 0 Å². The quantitative estimate of drug-likeness (QED) is 0.345. The third kappa shape index (κ3) is 8.94. The van der Waals surface area contributed by atoms with Crippen molar-refractivity contribution in [2.45, 2.75) is 65.0 Å². The molecule has 46 heavy (non-hydrogen) atoms. The molecule has 12 heteroatoms. The Labute approximate surface area is 272 Å². The highest BCUT2D eigenvalue weighted by Gasteiger charge is 2.41. The van der Waals surface area contributed by atoms with E-state index < -0.39 is 18.1 Å². The predicted octanol–water partition coefficient (Wildman–Crippen LogP) is 4.29. The topological polar surface area (TPSA) is 137 Å². The number of rotatable bonds is 11. The Hall–Kier alpha value is -3.77. The molecule has 3 atom stereocenters. The van der Waals surface area contributed by atoms with Crippen molar-refractivity contribution in [2.24, 2.45) is 11.8 Å². The first-order valence-corrected chi connectivity index (χ1v) is 16.2. The maximum atomic E-state index is 14.4. The van der Waals surface area contributed by atoms with Crippen LogP contribution in [0.2, 0.25) is 0 Å². The lowest BCUT2D eigenvalue weighted by atomic mass is 9.90. The fourth-order valence-corrected chi connectivity index (χ4v) is 6.01. The summed E-state index contributed by atoms with van der Waals surface area (Å²) in [5.41, 5.74) is 0.981. The number of ether oxygens (including phenoxy) is 2. The van der Waals surface area contributed by atoms with Gasteiger partial charge in [-0.15, -0.1) is 0 Å². The van der Waals surface area contributed by atoms with E-state index >= 15 is 0 Å². The second-order valence-electron chi connectivity index (χ2n) is 13.7. The molecular formula is C34H50N6O6. The van der Waals surface area contributed by atoms with Gasteiger partial charge in [0.1, 0.15) is 23.3 Å². The number of hydrogen-bond donors (Lipinski definition) is 2. The van der Waals surface area contributed by atoms with Crippen molar-refractivity contribution in [2.75, 3.05) is 64.9 Å². The largest absolute Gasteiger partial charge is 0.465 e. The van der Waals surface area contributed by atoms with Crippen LogP contribution in [0.4, 0.5) is 10.6 Å². The molecule has 1 unspecified atom stereocenters. The van der Waals surface area contributed by atoms with Gasteiger partial charge in [0.15, 0.2) is 0 Å². The van der Waals surface area contributed by atoms with Crippen molar-refractivity contribution in [1.82, 2.24) is 24.7 Å². The van der Waals surface area contributed by atoms with Crippen molar-refractivity contribution >= 4 is 23.7 Å². The van der Waals surface area contributed by atoms with E-state index in [9.17, 15) is 19.5 Å². The normalized spacial score (nSPS) is 20.5. The number of methoxy groups -OCH3 is 1. The minimum atomic E-state index is -1.11. The molecule has 1 aromatic heterocycles. The van der Waals surface area contributed by atoms with Crippen LogP contribution in [0.3, 0.4) is 0 Å². The van der Waals surface area contributed by atoms with Crippen LogP contribution < -0.4 is 5.32 Å². The van der Waals surface area contributed by atoms with E-state index in [0.29, 0.717) is 63.0 Å². The Morgan fingerprint density at radius 2 is 1.87 bits per heavy atom. The Kier molecular flexibility index (Phi) is 12.0. The number of carbonyl (C=O) groups excluding carboxylic acids is 2. The number of nitrogens with one attached hydrogen (secondary N) is 1. The maximum Gasteiger partial charge on any atom is 0.407 e. The van der Waals surface area contributed by atoms with Crippen LogP contribution >= 0.6 is 0 Å². The van der Waals surface area contributed by atoms with Gasteiger partial charge in [0.2, 0.25) is 5.91 Å². The molecule has 2 aromatic rings. The maximum absolute atomic E-state index is 14.4. The number of nitrogens with zero attached hydrogens (tertiary/aromatic N) is 5. The lowest BCUT2D eigenvalue weighted by Gasteiger charge is -2.43. The minimum Gasteiger partial charge on any atom is -0.465 e. The van der Waals surface area contributed by atoms with Gasteiger partial charge in [-0.2, -0.15) is 0 Å². The third-order valence-electron chi connectivity index (χ3n) is 8.37. The summed E-state index contributed by atoms with van der Waals surface area (Å²) in [7, 11) is 1.64. The Morgan fingerprint density at radius 1 is 1.13 bits per heavy atom. The van der Waals surface area contributed by atoms with Gasteiger partial charge in [-0.05, 0) is 24.3 Å². The summed E-state index contributed by atoms with van der Waals surface area (Å²) >= 11 is 0. The number of aromatic nitrogens is 2. The number of hydrogen-bond acceptors (Lipinski definition) is 8. The van der Waals surface area contributed by atoms with E-state index in [1.807, 2.05) is 65.0 Å². The van der Waals surface area contributed by atoms with Gasteiger partial charge < -0.3 is 34.6 Å². The number of benzene rings is 1. The van der Waals surface area contributed by atoms with Crippen molar-refractivity contribution in [1.29, 1.82) is 0 Å². The van der Waals surface area contributed by atoms with Crippen LogP contribution in [0.25, 0.3) is 0 Å². The molecule has 3 heterocycles. The minimum absolute atomic E-state index is 0.0808. The zero-order valence-electron chi connectivity index (χ0n) is 28.1. The zero-order valence-corrected chi connectivity index (χ0v) is 28.1. The second-order valence-corrected chi connectivity index (χ2v) is 13.7. The number of anilines is 1. The lowest BCUT2D eigenvalue weighted by Crippen LogP contribution is -2.58. The first-order valence-electron chi connectivity index (χ1n) is 16.2. The van der Waals surface area contributed by atoms with Crippen LogP contribution in [0.1, 0.15) is 75.3 Å². The molecule has 2 N–H and O–H groups in total. The van der Waals surface area contributed by atoms with Gasteiger partial charge in [-0.1, -0.05) is 65.0 Å². The van der Waals surface area contributed by atoms with Crippen LogP contribution in [0, 0.1) is 11.8 Å². The summed E-state index contributed by atoms with van der Waals surface area (Å²) in [5.74, 6) is 0.134. The van der Waals surface area contributed by atoms with Gasteiger partial charge in [-0.25, -0.2) is 14.8 Å². The first kappa shape index (κ1) is 35.1. The van der Waals surface area contributed by atoms with Crippen LogP contribution in [0.15, 0.2) is 36.5 Å². The molecule has 4 rings (SSSR count). The molecule has 0 saturated carbocycles. The Balaban J connectivity index is 1.61. The van der Waals surface area contributed by atoms with E-state index in [0.717, 1.165) is 12.0 Å². The highest BCUT2D eigenvalue weighted by atomic mass is 16.5. The summed E-state index contributed by atoms with van der Waals surface area (Å²) in [6, 6.07) is 9.28. The average molecular weight is 639 g/mol. The summed E-state index contributed by atoms with van der Waals surface area (Å²) in [6.07, 6.45) is 1.29. The molecule has 0 aliphatic carbocycles. The standard InChI is InChI=1S/C34H50N6O6/c1-23(2)19-40(31(42)27-18-36-32(34(3,4)5)37-29(27)35-13-10-15-45-6)26-17-25(20-39(21-26)33(43)44)30(41)38-14-16-46-28(22-38)24-11-8-7-9-12-24/h7-9,11-12,18,23,25-26,28H,10,13-17,19-22H2,1-6H3,(H,43,44)(H,35,36,37)/t25-,26+,28?/m1/s1. The molecule has 1 aromatic carbocycles. The lowest BCUT2D eigenvalue weighted by molar-refractivity contribution is -0.145. The van der Waals surface area contributed by atoms with Gasteiger partial charge >= 0.3 is 6.09 Å². The van der Waals surface area contributed by atoms with Gasteiger partial charge in [0.05, 0.1) is 25.1 Å². The number of amides is 3. The number of morpholine rings is 1. The number of carboxylic acid groups (broad SMARTS) is 1. The van der Waals surface area contributed by atoms with Gasteiger partial charge in [0, 0.05) is 58.1 Å². The predicted molar refractivity (Wildman–Crippen MR) is 175 cm³/mol. The second kappa shape index (κ2) is 15.7. The van der Waals surface area contributed by atoms with Crippen LogP contribution in [-0.4, -0.2) is 113 Å². The van der Waals surface area contributed by atoms with Crippen LogP contribution in [-0.2, 0) is 19.7 Å². The molecule has 2 aliphatic heterocycles. The smallest absolute Gasteiger partial charge is 0.407 e. The molecular weight excluding hydrogens is 588 g/mol. The first-order chi connectivity index (χ1) is 21.9. The average Bonchev–Trinajstić information content (AvgIpc) is 3.04. The van der Waals surface area contributed by atoms with Crippen molar-refractivity contribution in [3.05, 3.63) is 53.5 Å². The van der Waals surface area contributed by atoms with E-state index in [2.05, 4.69) is 10.3 Å². The summed E-state index contributed by atoms with van der Waals surface area (Å²) in [4.78, 5) is 54.9. The van der Waals surface area contributed by atoms with Gasteiger partial charge in [-0.3, -0.25) is 9.59 Å². The summed E-state index contributed by atoms with van der Waals surface area (Å²) in [5, 5.41) is 13.4. The molecule has 0 radical (unpaired) electrons. The van der Waals surface area contributed by atoms with Crippen molar-refractivity contribution in [3.63, 3.8) is 0 Å². The Bertz CT molecular complexity index is 1330. The SMILES string of the molecule is COCCCNc1nc(C(C)(C)C)ncc1C(=O)N(CC(C)C)[C@H]1C[C@@H](C(=O)N2CCOC(c3ccccc3)C2)CN(C(=O)O)C1. The van der Waals surface area contributed by atoms with E-state index in [1.165, 1.54) is 4.90 Å². The fourth-order valence-electron chi connectivity index (χ4n) is 6.01. The molecule has 3 amide bonds. The number of piperidine rings is 1. The molecule has 2 saturated heterocycles. The molecule has 2 aliphatic rings. The molecule has 0 spiro atoms. The third-order valence-corrected chi connectivity index (χ3v) is 8.37. The number of likely N-dealkylation sites (tertiary alicyclic amines) is 1. The highest BCUT2D eigenvalue weighted by molar-refractivity contribution is 5.98. The van der Waals surface area contributed by atoms with E-state index in [-0.39, 0.29) is 42.3 Å². The number of carbonyl (C=O) groups is 3. The van der Waals surface area contributed by atoms with Crippen molar-refractivity contribution in [3.8, 4) is 0 Å². The molecule has 12 nitrogen and oxygen atoms in total. The van der Waals surface area contributed by atoms with Crippen molar-refractivity contribution < 1.29 is 29.0 Å². The summed E-state index contributed by atoms with van der Waals surface area (Å²) in [6.45, 7) is 13.0.